The smallest absolute Gasteiger partial charge is 0.251 e. The first kappa shape index (κ1) is 26.3. The first-order valence-corrected chi connectivity index (χ1v) is 13.7. The van der Waals surface area contributed by atoms with Crippen LogP contribution in [0.15, 0.2) is 67.0 Å². The number of ketones is 1. The summed E-state index contributed by atoms with van der Waals surface area (Å²) in [4.78, 5) is 27.9. The van der Waals surface area contributed by atoms with Gasteiger partial charge in [0, 0.05) is 41.2 Å². The maximum Gasteiger partial charge on any atom is 0.251 e. The number of likely N-dealkylation sites (tertiary alicyclic amines) is 1. The molecule has 0 bridgehead atoms. The first-order chi connectivity index (χ1) is 18.5. The number of aromatic nitrogens is 1. The number of piperidine rings is 1. The van der Waals surface area contributed by atoms with Crippen LogP contribution in [0.2, 0.25) is 0 Å². The molecule has 2 heterocycles. The summed E-state index contributed by atoms with van der Waals surface area (Å²) in [7, 11) is 0. The van der Waals surface area contributed by atoms with Crippen molar-refractivity contribution in [2.24, 2.45) is 11.8 Å². The highest BCUT2D eigenvalue weighted by molar-refractivity contribution is 5.98. The molecule has 0 radical (unpaired) electrons. The minimum Gasteiger partial charge on any atom is -0.349 e. The molecule has 1 amide bonds. The number of amides is 1. The average Bonchev–Trinajstić information content (AvgIpc) is 3.49. The number of hydrogen-bond donors (Lipinski definition) is 1. The van der Waals surface area contributed by atoms with Gasteiger partial charge in [0.15, 0.2) is 17.4 Å². The molecule has 1 aromatic heterocycles. The van der Waals surface area contributed by atoms with E-state index in [0.29, 0.717) is 11.5 Å². The van der Waals surface area contributed by atoms with E-state index >= 15 is 0 Å². The molecular weight excluding hydrogens is 484 g/mol. The van der Waals surface area contributed by atoms with Crippen LogP contribution >= 0.6 is 0 Å². The fourth-order valence-electron chi connectivity index (χ4n) is 5.82. The second-order valence-corrected chi connectivity index (χ2v) is 10.7. The molecule has 5 rings (SSSR count). The lowest BCUT2D eigenvalue weighted by Crippen LogP contribution is -2.39. The summed E-state index contributed by atoms with van der Waals surface area (Å²) < 4.78 is 28.7. The standard InChI is InChI=1S/C31H35F2N3O2/c32-28-12-7-25(21-29(28)33)30(37)23-14-19-35(20-15-23)18-13-22-3-8-26(9-4-22)34-31(38)24-5-10-27(11-6-24)36-16-1-2-17-36/h1-2,5-7,10-12,16-17,21-23,26H,3-4,8-9,13-15,18-20H2,(H,34,38). The van der Waals surface area contributed by atoms with Crippen LogP contribution in [-0.4, -0.2) is 46.8 Å². The molecule has 38 heavy (non-hydrogen) atoms. The Morgan fingerprint density at radius 2 is 1.47 bits per heavy atom. The minimum absolute atomic E-state index is 0.00620. The SMILES string of the molecule is O=C(NC1CCC(CCN2CCC(C(=O)c3ccc(F)c(F)c3)CC2)CC1)c1ccc(-n2cccc2)cc1. The Labute approximate surface area is 222 Å². The number of nitrogens with one attached hydrogen (secondary N) is 1. The number of carbonyl (C=O) groups excluding carboxylic acids is 2. The summed E-state index contributed by atoms with van der Waals surface area (Å²) >= 11 is 0. The Kier molecular flexibility index (Phi) is 8.32. The van der Waals surface area contributed by atoms with Gasteiger partial charge < -0.3 is 14.8 Å². The van der Waals surface area contributed by atoms with Crippen LogP contribution in [0.25, 0.3) is 5.69 Å². The lowest BCUT2D eigenvalue weighted by Gasteiger charge is -2.34. The molecule has 7 heteroatoms. The number of Topliss-reactive ketones (excluding diaryl/α,β-unsaturated/α-hetero) is 1. The second-order valence-electron chi connectivity index (χ2n) is 10.7. The van der Waals surface area contributed by atoms with E-state index in [0.717, 1.165) is 82.4 Å². The normalized spacial score (nSPS) is 20.8. The molecule has 0 unspecified atom stereocenters. The van der Waals surface area contributed by atoms with Crippen LogP contribution < -0.4 is 5.32 Å². The van der Waals surface area contributed by atoms with E-state index < -0.39 is 11.6 Å². The van der Waals surface area contributed by atoms with E-state index in [1.54, 1.807) is 0 Å². The molecule has 2 aliphatic rings. The molecule has 1 N–H and O–H groups in total. The zero-order chi connectivity index (χ0) is 26.5. The summed E-state index contributed by atoms with van der Waals surface area (Å²) in [5, 5.41) is 3.22. The average molecular weight is 520 g/mol. The van der Waals surface area contributed by atoms with E-state index in [4.69, 9.17) is 0 Å². The van der Waals surface area contributed by atoms with E-state index in [2.05, 4.69) is 10.2 Å². The number of rotatable bonds is 8. The lowest BCUT2D eigenvalue weighted by molar-refractivity contribution is 0.0832. The third kappa shape index (κ3) is 6.38. The molecule has 1 aliphatic heterocycles. The first-order valence-electron chi connectivity index (χ1n) is 13.7. The van der Waals surface area contributed by atoms with Crippen molar-refractivity contribution in [1.29, 1.82) is 0 Å². The van der Waals surface area contributed by atoms with Crippen molar-refractivity contribution in [3.05, 3.63) is 89.8 Å². The van der Waals surface area contributed by atoms with Crippen molar-refractivity contribution in [3.63, 3.8) is 0 Å². The second kappa shape index (κ2) is 12.0. The molecule has 5 nitrogen and oxygen atoms in total. The van der Waals surface area contributed by atoms with Gasteiger partial charge in [-0.2, -0.15) is 0 Å². The molecule has 0 atom stereocenters. The number of hydrogen-bond acceptors (Lipinski definition) is 3. The Balaban J connectivity index is 1.00. The maximum atomic E-state index is 13.5. The fourth-order valence-corrected chi connectivity index (χ4v) is 5.82. The van der Waals surface area contributed by atoms with Crippen LogP contribution in [0, 0.1) is 23.5 Å². The molecule has 200 valence electrons. The van der Waals surface area contributed by atoms with Crippen molar-refractivity contribution in [3.8, 4) is 5.69 Å². The Bertz CT molecular complexity index is 1230. The predicted octanol–water partition coefficient (Wildman–Crippen LogP) is 6.03. The van der Waals surface area contributed by atoms with Gasteiger partial charge in [-0.15, -0.1) is 0 Å². The summed E-state index contributed by atoms with van der Waals surface area (Å²) in [6.07, 6.45) is 10.8. The summed E-state index contributed by atoms with van der Waals surface area (Å²) in [6.45, 7) is 2.73. The van der Waals surface area contributed by atoms with Crippen molar-refractivity contribution in [1.82, 2.24) is 14.8 Å². The zero-order valence-electron chi connectivity index (χ0n) is 21.6. The van der Waals surface area contributed by atoms with Crippen LogP contribution in [0.1, 0.15) is 65.7 Å². The third-order valence-corrected chi connectivity index (χ3v) is 8.23. The Morgan fingerprint density at radius 3 is 2.13 bits per heavy atom. The summed E-state index contributed by atoms with van der Waals surface area (Å²) in [5.74, 6) is -1.45. The van der Waals surface area contributed by atoms with Crippen LogP contribution in [-0.2, 0) is 0 Å². The topological polar surface area (TPSA) is 54.3 Å². The van der Waals surface area contributed by atoms with Gasteiger partial charge >= 0.3 is 0 Å². The fraction of sp³-hybridized carbons (Fsp3) is 0.419. The Morgan fingerprint density at radius 1 is 0.816 bits per heavy atom. The van der Waals surface area contributed by atoms with E-state index in [9.17, 15) is 18.4 Å². The van der Waals surface area contributed by atoms with Gasteiger partial charge in [-0.05, 0) is 125 Å². The lowest BCUT2D eigenvalue weighted by atomic mass is 9.83. The number of nitrogens with zero attached hydrogens (tertiary/aromatic N) is 2. The van der Waals surface area contributed by atoms with Gasteiger partial charge in [0.2, 0.25) is 0 Å². The molecule has 1 saturated heterocycles. The monoisotopic (exact) mass is 519 g/mol. The van der Waals surface area contributed by atoms with Crippen molar-refractivity contribution in [2.75, 3.05) is 19.6 Å². The summed E-state index contributed by atoms with van der Waals surface area (Å²) in [5.41, 5.74) is 1.99. The van der Waals surface area contributed by atoms with E-state index in [1.165, 1.54) is 6.07 Å². The predicted molar refractivity (Wildman–Crippen MR) is 143 cm³/mol. The minimum atomic E-state index is -0.968. The highest BCUT2D eigenvalue weighted by Crippen LogP contribution is 2.29. The molecule has 1 saturated carbocycles. The van der Waals surface area contributed by atoms with Gasteiger partial charge in [-0.3, -0.25) is 9.59 Å². The van der Waals surface area contributed by atoms with Crippen LogP contribution in [0.4, 0.5) is 8.78 Å². The Hall–Kier alpha value is -3.32. The van der Waals surface area contributed by atoms with Gasteiger partial charge in [-0.25, -0.2) is 8.78 Å². The molecule has 0 spiro atoms. The van der Waals surface area contributed by atoms with Gasteiger partial charge in [0.1, 0.15) is 0 Å². The quantitative estimate of drug-likeness (QED) is 0.370. The molecular formula is C31H35F2N3O2. The van der Waals surface area contributed by atoms with E-state index in [1.807, 2.05) is 53.4 Å². The molecule has 2 fully saturated rings. The molecule has 2 aromatic carbocycles. The largest absolute Gasteiger partial charge is 0.349 e. The third-order valence-electron chi connectivity index (χ3n) is 8.23. The van der Waals surface area contributed by atoms with Crippen LogP contribution in [0.3, 0.4) is 0 Å². The molecule has 1 aliphatic carbocycles. The van der Waals surface area contributed by atoms with Crippen molar-refractivity contribution in [2.45, 2.75) is 51.0 Å². The van der Waals surface area contributed by atoms with Gasteiger partial charge in [0.25, 0.3) is 5.91 Å². The maximum absolute atomic E-state index is 13.5. The van der Waals surface area contributed by atoms with Gasteiger partial charge in [-0.1, -0.05) is 0 Å². The van der Waals surface area contributed by atoms with Crippen molar-refractivity contribution >= 4 is 11.7 Å². The van der Waals surface area contributed by atoms with E-state index in [-0.39, 0.29) is 29.2 Å². The highest BCUT2D eigenvalue weighted by Gasteiger charge is 2.28. The summed E-state index contributed by atoms with van der Waals surface area (Å²) in [6, 6.07) is 15.3. The number of halogens is 2. The zero-order valence-corrected chi connectivity index (χ0v) is 21.6. The highest BCUT2D eigenvalue weighted by atomic mass is 19.2. The number of benzene rings is 2. The van der Waals surface area contributed by atoms with Gasteiger partial charge in [0.05, 0.1) is 0 Å². The van der Waals surface area contributed by atoms with Crippen LogP contribution in [0.5, 0.6) is 0 Å². The number of carbonyl (C=O) groups is 2. The van der Waals surface area contributed by atoms with Crippen molar-refractivity contribution < 1.29 is 18.4 Å². The molecule has 3 aromatic rings.